The lowest BCUT2D eigenvalue weighted by atomic mass is 9.87. The number of halogens is 1. The molecule has 0 fully saturated rings. The third-order valence-corrected chi connectivity index (χ3v) is 5.91. The van der Waals surface area contributed by atoms with Gasteiger partial charge in [-0.1, -0.05) is 65.2 Å². The Morgan fingerprint density at radius 3 is 2.40 bits per heavy atom. The van der Waals surface area contributed by atoms with E-state index in [1.54, 1.807) is 18.2 Å². The fourth-order valence-corrected chi connectivity index (χ4v) is 3.72. The van der Waals surface area contributed by atoms with E-state index in [1.807, 2.05) is 24.3 Å². The van der Waals surface area contributed by atoms with Gasteiger partial charge in [0.25, 0.3) is 11.8 Å². The number of unbranched alkanes of at least 4 members (excludes halogenated alkanes) is 3. The number of benzene rings is 2. The molecule has 2 aromatic carbocycles. The molecule has 9 heteroatoms. The van der Waals surface area contributed by atoms with Crippen molar-refractivity contribution in [3.63, 3.8) is 0 Å². The number of para-hydroxylation sites is 1. The SMILES string of the molecule is CCCCCCOc1ccccc1C(=O)NC(=S)NNC(=O)COc1ccc(C(C)(C)C)cc1Br. The molecule has 3 N–H and O–H groups in total. The van der Waals surface area contributed by atoms with Crippen LogP contribution in [0.5, 0.6) is 11.5 Å². The van der Waals surface area contributed by atoms with Crippen molar-refractivity contribution >= 4 is 45.1 Å². The molecule has 0 saturated carbocycles. The molecule has 0 bridgehead atoms. The third-order valence-electron chi connectivity index (χ3n) is 5.09. The molecule has 7 nitrogen and oxygen atoms in total. The molecule has 0 aliphatic heterocycles. The maximum Gasteiger partial charge on any atom is 0.276 e. The standard InChI is InChI=1S/C26H34BrN3O4S/c1-5-6-7-10-15-33-21-12-9-8-11-19(21)24(32)28-25(35)30-29-23(31)17-34-22-14-13-18(16-20(22)27)26(2,3)4/h8-9,11-14,16H,5-7,10,15,17H2,1-4H3,(H,29,31)(H2,28,30,32,35). The summed E-state index contributed by atoms with van der Waals surface area (Å²) in [7, 11) is 0. The van der Waals surface area contributed by atoms with Crippen LogP contribution in [-0.4, -0.2) is 30.1 Å². The number of rotatable bonds is 10. The first-order valence-corrected chi connectivity index (χ1v) is 12.9. The van der Waals surface area contributed by atoms with Crippen LogP contribution in [0.4, 0.5) is 0 Å². The van der Waals surface area contributed by atoms with Crippen LogP contribution < -0.4 is 25.6 Å². The lowest BCUT2D eigenvalue weighted by Crippen LogP contribution is -2.49. The van der Waals surface area contributed by atoms with Crippen molar-refractivity contribution in [1.82, 2.24) is 16.2 Å². The van der Waals surface area contributed by atoms with E-state index in [-0.39, 0.29) is 17.1 Å². The van der Waals surface area contributed by atoms with Crippen molar-refractivity contribution in [1.29, 1.82) is 0 Å². The molecule has 2 rings (SSSR count). The normalized spacial score (nSPS) is 10.9. The number of hydrazine groups is 1. The summed E-state index contributed by atoms with van der Waals surface area (Å²) >= 11 is 8.61. The monoisotopic (exact) mass is 563 g/mol. The van der Waals surface area contributed by atoms with E-state index >= 15 is 0 Å². The molecule has 0 heterocycles. The second-order valence-corrected chi connectivity index (χ2v) is 10.3. The van der Waals surface area contributed by atoms with Crippen LogP contribution in [-0.2, 0) is 10.2 Å². The number of ether oxygens (including phenoxy) is 2. The Balaban J connectivity index is 1.80. The van der Waals surface area contributed by atoms with Gasteiger partial charge in [-0.3, -0.25) is 25.8 Å². The molecule has 0 spiro atoms. The zero-order valence-corrected chi connectivity index (χ0v) is 23.1. The van der Waals surface area contributed by atoms with Gasteiger partial charge < -0.3 is 9.47 Å². The van der Waals surface area contributed by atoms with Crippen LogP contribution in [0.3, 0.4) is 0 Å². The smallest absolute Gasteiger partial charge is 0.276 e. The first kappa shape index (κ1) is 28.6. The summed E-state index contributed by atoms with van der Waals surface area (Å²) in [6.07, 6.45) is 4.31. The van der Waals surface area contributed by atoms with Crippen LogP contribution in [0.25, 0.3) is 0 Å². The van der Waals surface area contributed by atoms with Gasteiger partial charge in [0.15, 0.2) is 11.7 Å². The molecule has 2 amide bonds. The Morgan fingerprint density at radius 1 is 0.971 bits per heavy atom. The summed E-state index contributed by atoms with van der Waals surface area (Å²) in [5.41, 5.74) is 6.45. The van der Waals surface area contributed by atoms with Crippen molar-refractivity contribution in [2.45, 2.75) is 58.8 Å². The molecule has 0 aromatic heterocycles. The highest BCUT2D eigenvalue weighted by atomic mass is 79.9. The predicted octanol–water partition coefficient (Wildman–Crippen LogP) is 5.42. The van der Waals surface area contributed by atoms with Gasteiger partial charge in [0, 0.05) is 0 Å². The van der Waals surface area contributed by atoms with Gasteiger partial charge in [-0.05, 0) is 69.8 Å². The van der Waals surface area contributed by atoms with Crippen molar-refractivity contribution in [3.8, 4) is 11.5 Å². The minimum Gasteiger partial charge on any atom is -0.493 e. The molecule has 0 saturated heterocycles. The average Bonchev–Trinajstić information content (AvgIpc) is 2.81. The maximum absolute atomic E-state index is 12.6. The van der Waals surface area contributed by atoms with Crippen molar-refractivity contribution in [2.24, 2.45) is 0 Å². The number of hydrogen-bond acceptors (Lipinski definition) is 5. The largest absolute Gasteiger partial charge is 0.493 e. The molecular formula is C26H34BrN3O4S. The predicted molar refractivity (Wildman–Crippen MR) is 146 cm³/mol. The second kappa shape index (κ2) is 14.0. The number of hydrogen-bond donors (Lipinski definition) is 3. The first-order chi connectivity index (χ1) is 16.6. The Hall–Kier alpha value is -2.65. The van der Waals surface area contributed by atoms with Crippen LogP contribution in [0, 0.1) is 0 Å². The van der Waals surface area contributed by atoms with E-state index in [1.165, 1.54) is 0 Å². The lowest BCUT2D eigenvalue weighted by molar-refractivity contribution is -0.123. The van der Waals surface area contributed by atoms with E-state index in [0.717, 1.165) is 35.7 Å². The number of amides is 2. The molecular weight excluding hydrogens is 530 g/mol. The summed E-state index contributed by atoms with van der Waals surface area (Å²) < 4.78 is 12.1. The van der Waals surface area contributed by atoms with Crippen LogP contribution in [0.2, 0.25) is 0 Å². The van der Waals surface area contributed by atoms with Gasteiger partial charge in [-0.15, -0.1) is 0 Å². The van der Waals surface area contributed by atoms with E-state index in [0.29, 0.717) is 23.7 Å². The van der Waals surface area contributed by atoms with Crippen LogP contribution in [0.1, 0.15) is 69.3 Å². The summed E-state index contributed by atoms with van der Waals surface area (Å²) in [5, 5.41) is 2.50. The Morgan fingerprint density at radius 2 is 1.71 bits per heavy atom. The Bertz CT molecular complexity index is 1020. The fourth-order valence-electron chi connectivity index (χ4n) is 3.08. The highest BCUT2D eigenvalue weighted by molar-refractivity contribution is 9.10. The molecule has 0 radical (unpaired) electrons. The van der Waals surface area contributed by atoms with E-state index in [2.05, 4.69) is 59.8 Å². The van der Waals surface area contributed by atoms with Gasteiger partial charge in [0.1, 0.15) is 11.5 Å². The molecule has 0 aliphatic rings. The molecule has 0 unspecified atom stereocenters. The zero-order chi connectivity index (χ0) is 25.8. The van der Waals surface area contributed by atoms with Gasteiger partial charge >= 0.3 is 0 Å². The van der Waals surface area contributed by atoms with E-state index < -0.39 is 11.8 Å². The minimum absolute atomic E-state index is 0.00372. The maximum atomic E-state index is 12.6. The van der Waals surface area contributed by atoms with Crippen molar-refractivity contribution < 1.29 is 19.1 Å². The van der Waals surface area contributed by atoms with Crippen molar-refractivity contribution in [3.05, 3.63) is 58.1 Å². The van der Waals surface area contributed by atoms with Crippen LogP contribution >= 0.6 is 28.1 Å². The van der Waals surface area contributed by atoms with Gasteiger partial charge in [-0.2, -0.15) is 0 Å². The third kappa shape index (κ3) is 9.85. The van der Waals surface area contributed by atoms with Gasteiger partial charge in [0.2, 0.25) is 0 Å². The van der Waals surface area contributed by atoms with E-state index in [4.69, 9.17) is 21.7 Å². The minimum atomic E-state index is -0.454. The zero-order valence-electron chi connectivity index (χ0n) is 20.7. The average molecular weight is 565 g/mol. The fraction of sp³-hybridized carbons (Fsp3) is 0.423. The number of thiocarbonyl (C=S) groups is 1. The molecule has 35 heavy (non-hydrogen) atoms. The number of nitrogens with one attached hydrogen (secondary N) is 3. The summed E-state index contributed by atoms with van der Waals surface area (Å²) in [6, 6.07) is 12.7. The Labute approximate surface area is 221 Å². The topological polar surface area (TPSA) is 88.7 Å². The molecule has 190 valence electrons. The molecule has 0 aliphatic carbocycles. The summed E-state index contributed by atoms with van der Waals surface area (Å²) in [5.74, 6) is 0.157. The number of carbonyl (C=O) groups is 2. The Kier molecular flexibility index (Phi) is 11.5. The van der Waals surface area contributed by atoms with Crippen molar-refractivity contribution in [2.75, 3.05) is 13.2 Å². The number of carbonyl (C=O) groups excluding carboxylic acids is 2. The van der Waals surface area contributed by atoms with E-state index in [9.17, 15) is 9.59 Å². The molecule has 0 atom stereocenters. The van der Waals surface area contributed by atoms with Gasteiger partial charge in [-0.25, -0.2) is 0 Å². The van der Waals surface area contributed by atoms with Gasteiger partial charge in [0.05, 0.1) is 16.6 Å². The second-order valence-electron chi connectivity index (χ2n) is 9.05. The quantitative estimate of drug-likeness (QED) is 0.203. The highest BCUT2D eigenvalue weighted by Crippen LogP contribution is 2.31. The summed E-state index contributed by atoms with van der Waals surface area (Å²) in [4.78, 5) is 24.8. The summed E-state index contributed by atoms with van der Waals surface area (Å²) in [6.45, 7) is 8.82. The highest BCUT2D eigenvalue weighted by Gasteiger charge is 2.16. The first-order valence-electron chi connectivity index (χ1n) is 11.7. The molecule has 2 aromatic rings. The lowest BCUT2D eigenvalue weighted by Gasteiger charge is -2.20. The van der Waals surface area contributed by atoms with Crippen LogP contribution in [0.15, 0.2) is 46.9 Å².